The second-order valence-corrected chi connectivity index (χ2v) is 6.87. The number of ether oxygens (including phenoxy) is 1. The van der Waals surface area contributed by atoms with Crippen LogP contribution in [0.3, 0.4) is 0 Å². The molecule has 1 aliphatic carbocycles. The minimum absolute atomic E-state index is 0.135. The zero-order valence-corrected chi connectivity index (χ0v) is 13.1. The summed E-state index contributed by atoms with van der Waals surface area (Å²) in [6.45, 7) is 10.8. The Morgan fingerprint density at radius 1 is 1.26 bits per heavy atom. The van der Waals surface area contributed by atoms with Gasteiger partial charge in [0, 0.05) is 12.1 Å². The third-order valence-electron chi connectivity index (χ3n) is 3.22. The molecule has 4 nitrogen and oxygen atoms in total. The largest absolute Gasteiger partial charge is 0.444 e. The number of rotatable bonds is 7. The SMILES string of the molecule is CC(CC1CC1)NCCC(C)NC(=O)OC(C)(C)C. The number of alkyl carbamates (subject to hydrolysis) is 1. The lowest BCUT2D eigenvalue weighted by molar-refractivity contribution is 0.0506. The molecular weight excluding hydrogens is 240 g/mol. The van der Waals surface area contributed by atoms with Crippen molar-refractivity contribution in [1.82, 2.24) is 10.6 Å². The lowest BCUT2D eigenvalue weighted by Crippen LogP contribution is -2.39. The molecule has 0 radical (unpaired) electrons. The van der Waals surface area contributed by atoms with E-state index in [1.807, 2.05) is 27.7 Å². The fourth-order valence-electron chi connectivity index (χ4n) is 2.06. The zero-order valence-electron chi connectivity index (χ0n) is 13.1. The van der Waals surface area contributed by atoms with Crippen LogP contribution in [0.4, 0.5) is 4.79 Å². The summed E-state index contributed by atoms with van der Waals surface area (Å²) in [4.78, 5) is 11.6. The molecule has 1 rings (SSSR count). The summed E-state index contributed by atoms with van der Waals surface area (Å²) >= 11 is 0. The summed E-state index contributed by atoms with van der Waals surface area (Å²) in [6, 6.07) is 0.719. The van der Waals surface area contributed by atoms with Crippen LogP contribution in [0.2, 0.25) is 0 Å². The second-order valence-electron chi connectivity index (χ2n) is 6.87. The number of amides is 1. The third-order valence-corrected chi connectivity index (χ3v) is 3.22. The van der Waals surface area contributed by atoms with Gasteiger partial charge >= 0.3 is 6.09 Å². The molecule has 2 atom stereocenters. The highest BCUT2D eigenvalue weighted by Crippen LogP contribution is 2.33. The summed E-state index contributed by atoms with van der Waals surface area (Å²) in [5, 5.41) is 6.38. The molecule has 0 saturated heterocycles. The van der Waals surface area contributed by atoms with Crippen molar-refractivity contribution < 1.29 is 9.53 Å². The lowest BCUT2D eigenvalue weighted by Gasteiger charge is -2.22. The maximum Gasteiger partial charge on any atom is 0.407 e. The average molecular weight is 270 g/mol. The number of hydrogen-bond acceptors (Lipinski definition) is 3. The Hall–Kier alpha value is -0.770. The summed E-state index contributed by atoms with van der Waals surface area (Å²) < 4.78 is 5.23. The van der Waals surface area contributed by atoms with Crippen molar-refractivity contribution in [2.45, 2.75) is 78.0 Å². The van der Waals surface area contributed by atoms with Gasteiger partial charge in [-0.05, 0) is 59.9 Å². The van der Waals surface area contributed by atoms with E-state index in [1.54, 1.807) is 0 Å². The predicted octanol–water partition coefficient (Wildman–Crippen LogP) is 3.07. The van der Waals surface area contributed by atoms with E-state index < -0.39 is 5.60 Å². The fourth-order valence-corrected chi connectivity index (χ4v) is 2.06. The van der Waals surface area contributed by atoms with Gasteiger partial charge in [-0.2, -0.15) is 0 Å². The standard InChI is InChI=1S/C15H30N2O2/c1-11(17-14(18)19-15(3,4)5)8-9-16-12(2)10-13-6-7-13/h11-13,16H,6-10H2,1-5H3,(H,17,18). The van der Waals surface area contributed by atoms with Gasteiger partial charge in [0.15, 0.2) is 0 Å². The molecule has 0 aromatic heterocycles. The van der Waals surface area contributed by atoms with Crippen molar-refractivity contribution in [3.8, 4) is 0 Å². The van der Waals surface area contributed by atoms with E-state index in [0.717, 1.165) is 18.9 Å². The molecule has 2 N–H and O–H groups in total. The Labute approximate surface area is 117 Å². The minimum Gasteiger partial charge on any atom is -0.444 e. The van der Waals surface area contributed by atoms with Gasteiger partial charge in [-0.25, -0.2) is 4.79 Å². The van der Waals surface area contributed by atoms with Crippen LogP contribution < -0.4 is 10.6 Å². The van der Waals surface area contributed by atoms with E-state index in [4.69, 9.17) is 4.74 Å². The molecule has 0 aromatic carbocycles. The molecule has 19 heavy (non-hydrogen) atoms. The minimum atomic E-state index is -0.430. The van der Waals surface area contributed by atoms with E-state index >= 15 is 0 Å². The molecule has 0 spiro atoms. The topological polar surface area (TPSA) is 50.4 Å². The van der Waals surface area contributed by atoms with Crippen molar-refractivity contribution in [1.29, 1.82) is 0 Å². The van der Waals surface area contributed by atoms with Crippen LogP contribution in [0.1, 0.15) is 60.3 Å². The van der Waals surface area contributed by atoms with Crippen LogP contribution in [0, 0.1) is 5.92 Å². The molecule has 2 unspecified atom stereocenters. The van der Waals surface area contributed by atoms with Crippen molar-refractivity contribution in [2.24, 2.45) is 5.92 Å². The summed E-state index contributed by atoms with van der Waals surface area (Å²) in [7, 11) is 0. The molecule has 0 bridgehead atoms. The molecule has 0 aromatic rings. The van der Waals surface area contributed by atoms with Gasteiger partial charge in [0.2, 0.25) is 0 Å². The predicted molar refractivity (Wildman–Crippen MR) is 78.3 cm³/mol. The lowest BCUT2D eigenvalue weighted by atomic mass is 10.1. The number of carbonyl (C=O) groups excluding carboxylic acids is 1. The van der Waals surface area contributed by atoms with Gasteiger partial charge in [0.05, 0.1) is 0 Å². The molecule has 112 valence electrons. The molecule has 1 amide bonds. The maximum atomic E-state index is 11.6. The van der Waals surface area contributed by atoms with Gasteiger partial charge < -0.3 is 15.4 Å². The Morgan fingerprint density at radius 3 is 2.42 bits per heavy atom. The van der Waals surface area contributed by atoms with Crippen molar-refractivity contribution >= 4 is 6.09 Å². The van der Waals surface area contributed by atoms with Crippen LogP contribution in [0.5, 0.6) is 0 Å². The molecule has 1 aliphatic rings. The number of nitrogens with one attached hydrogen (secondary N) is 2. The normalized spacial score (nSPS) is 18.8. The van der Waals surface area contributed by atoms with Gasteiger partial charge in [0.1, 0.15) is 5.60 Å². The molecular formula is C15H30N2O2. The average Bonchev–Trinajstić information content (AvgIpc) is 2.97. The fraction of sp³-hybridized carbons (Fsp3) is 0.933. The van der Waals surface area contributed by atoms with Crippen molar-refractivity contribution in [3.63, 3.8) is 0 Å². The summed E-state index contributed by atoms with van der Waals surface area (Å²) in [5.41, 5.74) is -0.430. The second kappa shape index (κ2) is 7.13. The van der Waals surface area contributed by atoms with Gasteiger partial charge in [-0.3, -0.25) is 0 Å². The summed E-state index contributed by atoms with van der Waals surface area (Å²) in [6.07, 6.45) is 4.69. The highest BCUT2D eigenvalue weighted by Gasteiger charge is 2.23. The smallest absolute Gasteiger partial charge is 0.407 e. The number of hydrogen-bond donors (Lipinski definition) is 2. The maximum absolute atomic E-state index is 11.6. The van der Waals surface area contributed by atoms with E-state index in [9.17, 15) is 4.79 Å². The third kappa shape index (κ3) is 8.87. The van der Waals surface area contributed by atoms with Crippen LogP contribution in [0.25, 0.3) is 0 Å². The monoisotopic (exact) mass is 270 g/mol. The quantitative estimate of drug-likeness (QED) is 0.747. The van der Waals surface area contributed by atoms with Crippen molar-refractivity contribution in [2.75, 3.05) is 6.54 Å². The first-order valence-corrected chi connectivity index (χ1v) is 7.49. The summed E-state index contributed by atoms with van der Waals surface area (Å²) in [5.74, 6) is 0.958. The van der Waals surface area contributed by atoms with E-state index in [1.165, 1.54) is 19.3 Å². The number of carbonyl (C=O) groups is 1. The highest BCUT2D eigenvalue weighted by atomic mass is 16.6. The first kappa shape index (κ1) is 16.3. The van der Waals surface area contributed by atoms with Gasteiger partial charge in [-0.1, -0.05) is 12.8 Å². The zero-order chi connectivity index (χ0) is 14.5. The van der Waals surface area contributed by atoms with E-state index in [-0.39, 0.29) is 12.1 Å². The molecule has 4 heteroatoms. The molecule has 1 fully saturated rings. The Bertz CT molecular complexity index is 282. The Kier molecular flexibility index (Phi) is 6.11. The van der Waals surface area contributed by atoms with Gasteiger partial charge in [-0.15, -0.1) is 0 Å². The van der Waals surface area contributed by atoms with Crippen LogP contribution in [-0.2, 0) is 4.74 Å². The van der Waals surface area contributed by atoms with Crippen LogP contribution in [-0.4, -0.2) is 30.3 Å². The van der Waals surface area contributed by atoms with Crippen LogP contribution in [0.15, 0.2) is 0 Å². The molecule has 0 aliphatic heterocycles. The Morgan fingerprint density at radius 2 is 1.89 bits per heavy atom. The molecule has 0 heterocycles. The highest BCUT2D eigenvalue weighted by molar-refractivity contribution is 5.67. The van der Waals surface area contributed by atoms with E-state index in [0.29, 0.717) is 6.04 Å². The first-order chi connectivity index (χ1) is 8.76. The van der Waals surface area contributed by atoms with Gasteiger partial charge in [0.25, 0.3) is 0 Å². The molecule has 1 saturated carbocycles. The van der Waals surface area contributed by atoms with Crippen molar-refractivity contribution in [3.05, 3.63) is 0 Å². The van der Waals surface area contributed by atoms with Crippen LogP contribution >= 0.6 is 0 Å². The van der Waals surface area contributed by atoms with E-state index in [2.05, 4.69) is 17.6 Å². The first-order valence-electron chi connectivity index (χ1n) is 7.49. The Balaban J connectivity index is 2.06.